The Labute approximate surface area is 110 Å². The number of hydrogen-bond acceptors (Lipinski definition) is 2. The van der Waals surface area contributed by atoms with Gasteiger partial charge in [-0.1, -0.05) is 27.2 Å². The largest absolute Gasteiger partial charge is 0.340 e. The molecule has 1 saturated carbocycles. The van der Waals surface area contributed by atoms with Crippen LogP contribution in [-0.4, -0.2) is 30.1 Å². The highest BCUT2D eigenvalue weighted by Gasteiger charge is 2.62. The maximum absolute atomic E-state index is 12.5. The average molecular weight is 250 g/mol. The summed E-state index contributed by atoms with van der Waals surface area (Å²) in [5, 5.41) is 3.33. The SMILES string of the molecule is CC1(C)[C@H]2CC[C@@]1(C)C(=O)N[C@@H]2N1CCCCC1. The van der Waals surface area contributed by atoms with Crippen LogP contribution in [0.2, 0.25) is 0 Å². The zero-order valence-electron chi connectivity index (χ0n) is 12.0. The van der Waals surface area contributed by atoms with Crippen molar-refractivity contribution in [3.05, 3.63) is 0 Å². The fourth-order valence-electron chi connectivity index (χ4n) is 4.43. The number of piperidine rings is 2. The minimum Gasteiger partial charge on any atom is -0.340 e. The summed E-state index contributed by atoms with van der Waals surface area (Å²) < 4.78 is 0. The van der Waals surface area contributed by atoms with Crippen molar-refractivity contribution in [2.75, 3.05) is 13.1 Å². The molecule has 0 aromatic carbocycles. The summed E-state index contributed by atoms with van der Waals surface area (Å²) in [6, 6.07) is 0. The van der Waals surface area contributed by atoms with E-state index >= 15 is 0 Å². The molecule has 0 aromatic heterocycles. The lowest BCUT2D eigenvalue weighted by Crippen LogP contribution is -2.64. The molecule has 2 heterocycles. The van der Waals surface area contributed by atoms with Crippen LogP contribution in [0.15, 0.2) is 0 Å². The van der Waals surface area contributed by atoms with E-state index < -0.39 is 0 Å². The van der Waals surface area contributed by atoms with Crippen molar-refractivity contribution >= 4 is 5.91 Å². The molecule has 0 spiro atoms. The predicted molar refractivity (Wildman–Crippen MR) is 72.0 cm³/mol. The van der Waals surface area contributed by atoms with E-state index in [1.165, 1.54) is 25.7 Å². The number of amides is 1. The summed E-state index contributed by atoms with van der Waals surface area (Å²) in [5.74, 6) is 0.912. The van der Waals surface area contributed by atoms with Crippen LogP contribution in [0.5, 0.6) is 0 Å². The number of fused-ring (bicyclic) bond motifs is 2. The number of rotatable bonds is 1. The summed E-state index contributed by atoms with van der Waals surface area (Å²) in [4.78, 5) is 15.0. The number of hydrogen-bond donors (Lipinski definition) is 1. The van der Waals surface area contributed by atoms with E-state index in [1.54, 1.807) is 0 Å². The summed E-state index contributed by atoms with van der Waals surface area (Å²) >= 11 is 0. The van der Waals surface area contributed by atoms with Gasteiger partial charge in [0.2, 0.25) is 5.91 Å². The fourth-order valence-corrected chi connectivity index (χ4v) is 4.43. The van der Waals surface area contributed by atoms with Crippen molar-refractivity contribution in [3.8, 4) is 0 Å². The maximum atomic E-state index is 12.5. The fraction of sp³-hybridized carbons (Fsp3) is 0.933. The van der Waals surface area contributed by atoms with Gasteiger partial charge in [0.05, 0.1) is 11.6 Å². The first-order valence-corrected chi connectivity index (χ1v) is 7.52. The van der Waals surface area contributed by atoms with Gasteiger partial charge in [-0.3, -0.25) is 9.69 Å². The van der Waals surface area contributed by atoms with Gasteiger partial charge in [0.25, 0.3) is 0 Å². The molecule has 3 nitrogen and oxygen atoms in total. The van der Waals surface area contributed by atoms with Gasteiger partial charge < -0.3 is 5.32 Å². The van der Waals surface area contributed by atoms with E-state index in [4.69, 9.17) is 0 Å². The molecule has 2 saturated heterocycles. The number of carbonyl (C=O) groups excluding carboxylic acids is 1. The third-order valence-electron chi connectivity index (χ3n) is 6.25. The van der Waals surface area contributed by atoms with E-state index in [2.05, 4.69) is 31.0 Å². The van der Waals surface area contributed by atoms with Gasteiger partial charge in [0, 0.05) is 13.1 Å². The quantitative estimate of drug-likeness (QED) is 0.775. The van der Waals surface area contributed by atoms with E-state index in [9.17, 15) is 4.79 Å². The number of nitrogens with one attached hydrogen (secondary N) is 1. The van der Waals surface area contributed by atoms with Crippen molar-refractivity contribution in [1.82, 2.24) is 10.2 Å². The lowest BCUT2D eigenvalue weighted by atomic mass is 9.62. The normalized spacial score (nSPS) is 43.8. The first-order valence-electron chi connectivity index (χ1n) is 7.52. The molecular weight excluding hydrogens is 224 g/mol. The first kappa shape index (κ1) is 12.5. The van der Waals surface area contributed by atoms with Crippen LogP contribution < -0.4 is 5.32 Å². The Morgan fingerprint density at radius 2 is 1.83 bits per heavy atom. The molecule has 2 bridgehead atoms. The second kappa shape index (κ2) is 3.96. The third kappa shape index (κ3) is 1.49. The topological polar surface area (TPSA) is 32.3 Å². The Morgan fingerprint density at radius 1 is 1.17 bits per heavy atom. The van der Waals surface area contributed by atoms with Gasteiger partial charge in [-0.15, -0.1) is 0 Å². The number of nitrogens with zero attached hydrogens (tertiary/aromatic N) is 1. The molecule has 3 aliphatic rings. The number of carbonyl (C=O) groups is 1. The molecule has 3 fully saturated rings. The molecule has 18 heavy (non-hydrogen) atoms. The Bertz CT molecular complexity index is 360. The molecule has 1 amide bonds. The zero-order chi connectivity index (χ0) is 13.0. The Balaban J connectivity index is 1.88. The molecule has 102 valence electrons. The van der Waals surface area contributed by atoms with Crippen molar-refractivity contribution in [2.24, 2.45) is 16.7 Å². The summed E-state index contributed by atoms with van der Waals surface area (Å²) in [6.45, 7) is 9.10. The summed E-state index contributed by atoms with van der Waals surface area (Å²) in [7, 11) is 0. The minimum absolute atomic E-state index is 0.136. The van der Waals surface area contributed by atoms with Crippen LogP contribution in [0.25, 0.3) is 0 Å². The van der Waals surface area contributed by atoms with Gasteiger partial charge >= 0.3 is 0 Å². The van der Waals surface area contributed by atoms with Crippen molar-refractivity contribution in [3.63, 3.8) is 0 Å². The predicted octanol–water partition coefficient (Wildman–Crippen LogP) is 2.37. The van der Waals surface area contributed by atoms with Gasteiger partial charge in [0.15, 0.2) is 0 Å². The van der Waals surface area contributed by atoms with Crippen LogP contribution in [0.1, 0.15) is 52.9 Å². The first-order chi connectivity index (χ1) is 8.47. The monoisotopic (exact) mass is 250 g/mol. The molecule has 0 aromatic rings. The molecule has 1 aliphatic carbocycles. The smallest absolute Gasteiger partial charge is 0.227 e. The Hall–Kier alpha value is -0.570. The van der Waals surface area contributed by atoms with E-state index in [-0.39, 0.29) is 16.7 Å². The van der Waals surface area contributed by atoms with Crippen molar-refractivity contribution in [2.45, 2.75) is 59.0 Å². The van der Waals surface area contributed by atoms with E-state index in [0.29, 0.717) is 12.1 Å². The van der Waals surface area contributed by atoms with Crippen molar-refractivity contribution < 1.29 is 4.79 Å². The number of likely N-dealkylation sites (tertiary alicyclic amines) is 1. The highest BCUT2D eigenvalue weighted by molar-refractivity contribution is 5.85. The van der Waals surface area contributed by atoms with Gasteiger partial charge in [0.1, 0.15) is 0 Å². The van der Waals surface area contributed by atoms with Crippen LogP contribution in [0.4, 0.5) is 0 Å². The lowest BCUT2D eigenvalue weighted by Gasteiger charge is -2.52. The Morgan fingerprint density at radius 3 is 2.50 bits per heavy atom. The molecule has 2 aliphatic heterocycles. The lowest BCUT2D eigenvalue weighted by molar-refractivity contribution is -0.148. The average Bonchev–Trinajstić information content (AvgIpc) is 2.51. The Kier molecular flexibility index (Phi) is 2.74. The molecule has 0 radical (unpaired) electrons. The molecule has 3 heteroatoms. The van der Waals surface area contributed by atoms with Gasteiger partial charge in [-0.25, -0.2) is 0 Å². The third-order valence-corrected chi connectivity index (χ3v) is 6.25. The molecular formula is C15H26N2O. The summed E-state index contributed by atoms with van der Waals surface area (Å²) in [5.41, 5.74) is -0.0125. The summed E-state index contributed by atoms with van der Waals surface area (Å²) in [6.07, 6.45) is 6.48. The second-order valence-electron chi connectivity index (χ2n) is 7.21. The second-order valence-corrected chi connectivity index (χ2v) is 7.21. The molecule has 0 unspecified atom stereocenters. The zero-order valence-corrected chi connectivity index (χ0v) is 12.0. The van der Waals surface area contributed by atoms with E-state index in [1.807, 2.05) is 0 Å². The molecule has 3 atom stereocenters. The highest BCUT2D eigenvalue weighted by atomic mass is 16.2. The van der Waals surface area contributed by atoms with Gasteiger partial charge in [-0.05, 0) is 37.0 Å². The van der Waals surface area contributed by atoms with Crippen LogP contribution in [0, 0.1) is 16.7 Å². The van der Waals surface area contributed by atoms with Crippen LogP contribution in [-0.2, 0) is 4.79 Å². The highest BCUT2D eigenvalue weighted by Crippen LogP contribution is 2.59. The van der Waals surface area contributed by atoms with E-state index in [0.717, 1.165) is 19.5 Å². The van der Waals surface area contributed by atoms with Crippen molar-refractivity contribution in [1.29, 1.82) is 0 Å². The maximum Gasteiger partial charge on any atom is 0.227 e. The molecule has 1 N–H and O–H groups in total. The van der Waals surface area contributed by atoms with Crippen LogP contribution >= 0.6 is 0 Å². The standard InChI is InChI=1S/C15H26N2O/c1-14(2)11-7-8-15(14,3)13(18)16-12(11)17-9-5-4-6-10-17/h11-12H,4-10H2,1-3H3,(H,16,18)/t11-,12+,15-/m0/s1. The van der Waals surface area contributed by atoms with Gasteiger partial charge in [-0.2, -0.15) is 0 Å². The minimum atomic E-state index is -0.149. The molecule has 3 rings (SSSR count). The van der Waals surface area contributed by atoms with Crippen LogP contribution in [0.3, 0.4) is 0 Å².